The molecule has 0 bridgehead atoms. The van der Waals surface area contributed by atoms with Crippen molar-refractivity contribution < 1.29 is 0 Å². The van der Waals surface area contributed by atoms with Crippen LogP contribution in [0.15, 0.2) is 77.5 Å². The third-order valence-corrected chi connectivity index (χ3v) is 7.32. The van der Waals surface area contributed by atoms with Crippen molar-refractivity contribution in [2.75, 3.05) is 0 Å². The van der Waals surface area contributed by atoms with E-state index in [0.29, 0.717) is 9.52 Å². The van der Waals surface area contributed by atoms with Crippen molar-refractivity contribution >= 4 is 14.7 Å². The first-order chi connectivity index (χ1) is 14.4. The van der Waals surface area contributed by atoms with Gasteiger partial charge < -0.3 is 0 Å². The molecule has 0 N–H and O–H groups in total. The largest absolute Gasteiger partial charge is 0.117 e. The van der Waals surface area contributed by atoms with E-state index in [1.165, 1.54) is 55.3 Å². The van der Waals surface area contributed by atoms with E-state index in [1.807, 2.05) is 0 Å². The van der Waals surface area contributed by atoms with Gasteiger partial charge in [-0.15, -0.1) is 0 Å². The normalized spacial score (nSPS) is 13.4. The van der Waals surface area contributed by atoms with Crippen LogP contribution in [-0.4, -0.2) is 9.52 Å². The Morgan fingerprint density at radius 1 is 0.767 bits per heavy atom. The van der Waals surface area contributed by atoms with Crippen molar-refractivity contribution in [1.82, 2.24) is 0 Å². The Morgan fingerprint density at radius 3 is 1.97 bits per heavy atom. The van der Waals surface area contributed by atoms with Gasteiger partial charge in [0.2, 0.25) is 0 Å². The topological polar surface area (TPSA) is 0 Å². The van der Waals surface area contributed by atoms with Crippen molar-refractivity contribution in [1.29, 1.82) is 0 Å². The first-order valence-electron chi connectivity index (χ1n) is 10.9. The van der Waals surface area contributed by atoms with Crippen LogP contribution in [0.4, 0.5) is 0 Å². The minimum Gasteiger partial charge on any atom is -0.0806 e. The molecule has 3 aromatic carbocycles. The maximum Gasteiger partial charge on any atom is 0.117 e. The van der Waals surface area contributed by atoms with E-state index in [4.69, 9.17) is 0 Å². The summed E-state index contributed by atoms with van der Waals surface area (Å²) in [5.74, 6) is 0. The molecular formula is C29H30Si. The Labute approximate surface area is 184 Å². The van der Waals surface area contributed by atoms with Gasteiger partial charge in [0.15, 0.2) is 0 Å². The second-order valence-corrected chi connectivity index (χ2v) is 9.96. The molecule has 0 heterocycles. The molecular weight excluding hydrogens is 376 g/mol. The lowest BCUT2D eigenvalue weighted by Gasteiger charge is -2.18. The number of hydrogen-bond acceptors (Lipinski definition) is 0. The molecule has 30 heavy (non-hydrogen) atoms. The Morgan fingerprint density at radius 2 is 1.37 bits per heavy atom. The summed E-state index contributed by atoms with van der Waals surface area (Å²) in [6, 6.07) is 20.8. The molecule has 1 aliphatic carbocycles. The molecule has 3 aromatic rings. The molecule has 4 rings (SSSR count). The highest BCUT2D eigenvalue weighted by Gasteiger charge is 2.17. The fourth-order valence-corrected chi connectivity index (χ4v) is 6.18. The van der Waals surface area contributed by atoms with Crippen LogP contribution < -0.4 is 5.19 Å². The smallest absolute Gasteiger partial charge is 0.0806 e. The van der Waals surface area contributed by atoms with E-state index in [2.05, 4.69) is 101 Å². The Kier molecular flexibility index (Phi) is 5.92. The summed E-state index contributed by atoms with van der Waals surface area (Å²) in [4.78, 5) is 0. The highest BCUT2D eigenvalue weighted by atomic mass is 28.2. The average molecular weight is 407 g/mol. The predicted octanol–water partition coefficient (Wildman–Crippen LogP) is 7.21. The predicted molar refractivity (Wildman–Crippen MR) is 133 cm³/mol. The molecule has 150 valence electrons. The maximum atomic E-state index is 2.35. The van der Waals surface area contributed by atoms with Gasteiger partial charge in [-0.2, -0.15) is 0 Å². The first kappa shape index (κ1) is 20.6. The van der Waals surface area contributed by atoms with Crippen molar-refractivity contribution in [3.8, 4) is 22.3 Å². The molecule has 0 amide bonds. The van der Waals surface area contributed by atoms with Crippen LogP contribution in [0.3, 0.4) is 0 Å². The summed E-state index contributed by atoms with van der Waals surface area (Å²) in [6.07, 6.45) is 6.87. The Hall–Kier alpha value is -2.64. The van der Waals surface area contributed by atoms with Crippen LogP contribution >= 0.6 is 0 Å². The van der Waals surface area contributed by atoms with Gasteiger partial charge in [0.25, 0.3) is 0 Å². The number of hydrogen-bond donors (Lipinski definition) is 0. The van der Waals surface area contributed by atoms with Crippen LogP contribution in [0, 0.1) is 27.7 Å². The van der Waals surface area contributed by atoms with Gasteiger partial charge in [0, 0.05) is 0 Å². The zero-order valence-electron chi connectivity index (χ0n) is 18.8. The number of aryl methyl sites for hydroxylation is 4. The maximum absolute atomic E-state index is 2.35. The van der Waals surface area contributed by atoms with Gasteiger partial charge in [-0.1, -0.05) is 112 Å². The monoisotopic (exact) mass is 406 g/mol. The molecule has 0 saturated heterocycles. The molecule has 0 aromatic heterocycles. The third-order valence-electron chi connectivity index (χ3n) is 5.80. The summed E-state index contributed by atoms with van der Waals surface area (Å²) in [5.41, 5.74) is 12.2. The van der Waals surface area contributed by atoms with E-state index < -0.39 is 0 Å². The van der Waals surface area contributed by atoms with Gasteiger partial charge in [-0.25, -0.2) is 0 Å². The van der Waals surface area contributed by atoms with Crippen LogP contribution in [0.2, 0.25) is 0 Å². The summed E-state index contributed by atoms with van der Waals surface area (Å²) in [7, 11) is 0.716. The lowest BCUT2D eigenvalue weighted by Crippen LogP contribution is -2.20. The molecule has 0 nitrogen and oxygen atoms in total. The molecule has 0 saturated carbocycles. The van der Waals surface area contributed by atoms with E-state index in [1.54, 1.807) is 5.20 Å². The third kappa shape index (κ3) is 4.27. The van der Waals surface area contributed by atoms with Gasteiger partial charge >= 0.3 is 0 Å². The Balaban J connectivity index is 1.94. The highest BCUT2D eigenvalue weighted by molar-refractivity contribution is 6.63. The highest BCUT2D eigenvalue weighted by Crippen LogP contribution is 2.34. The fraction of sp³-hybridized carbons (Fsp3) is 0.241. The van der Waals surface area contributed by atoms with E-state index in [9.17, 15) is 0 Å². The zero-order chi connectivity index (χ0) is 21.3. The van der Waals surface area contributed by atoms with Gasteiger partial charge in [-0.3, -0.25) is 0 Å². The van der Waals surface area contributed by atoms with Crippen molar-refractivity contribution in [2.45, 2.75) is 47.5 Å². The van der Waals surface area contributed by atoms with Crippen molar-refractivity contribution in [2.24, 2.45) is 0 Å². The molecule has 1 aliphatic rings. The average Bonchev–Trinajstić information content (AvgIpc) is 3.13. The minimum atomic E-state index is 0.716. The van der Waals surface area contributed by atoms with E-state index in [-0.39, 0.29) is 0 Å². The van der Waals surface area contributed by atoms with Crippen LogP contribution in [0.1, 0.15) is 42.0 Å². The SMILES string of the molecule is CCC1=C([Si]c2cccc(-c3cc(C)cc(C)c3)c2-c2cc(C)cc(C)c2)CC=C1. The molecule has 0 aliphatic heterocycles. The van der Waals surface area contributed by atoms with E-state index >= 15 is 0 Å². The van der Waals surface area contributed by atoms with Crippen LogP contribution in [0.5, 0.6) is 0 Å². The quantitative estimate of drug-likeness (QED) is 0.393. The van der Waals surface area contributed by atoms with Gasteiger partial charge in [0.05, 0.1) is 0 Å². The minimum absolute atomic E-state index is 0.716. The Bertz CT molecular complexity index is 1120. The van der Waals surface area contributed by atoms with Crippen molar-refractivity contribution in [3.63, 3.8) is 0 Å². The first-order valence-corrected chi connectivity index (χ1v) is 11.9. The summed E-state index contributed by atoms with van der Waals surface area (Å²) in [6.45, 7) is 11.1. The number of rotatable bonds is 5. The molecule has 0 fully saturated rings. The molecule has 0 spiro atoms. The summed E-state index contributed by atoms with van der Waals surface area (Å²) in [5, 5.41) is 3.06. The van der Waals surface area contributed by atoms with Gasteiger partial charge in [0.1, 0.15) is 9.52 Å². The molecule has 0 unspecified atom stereocenters. The zero-order valence-corrected chi connectivity index (χ0v) is 19.8. The molecule has 0 atom stereocenters. The van der Waals surface area contributed by atoms with E-state index in [0.717, 1.165) is 12.8 Å². The molecule has 1 heteroatoms. The van der Waals surface area contributed by atoms with Crippen LogP contribution in [-0.2, 0) is 0 Å². The van der Waals surface area contributed by atoms with Crippen molar-refractivity contribution in [3.05, 3.63) is 99.8 Å². The second-order valence-electron chi connectivity index (χ2n) is 8.57. The summed E-state index contributed by atoms with van der Waals surface area (Å²) < 4.78 is 0. The fourth-order valence-electron chi connectivity index (χ4n) is 4.63. The second kappa shape index (κ2) is 8.61. The van der Waals surface area contributed by atoms with Crippen LogP contribution in [0.25, 0.3) is 22.3 Å². The standard InChI is InChI=1S/C29H30Si/c1-6-23-9-7-11-27(23)30-28-12-8-10-26(24-15-19(2)13-20(3)16-24)29(28)25-17-21(4)14-22(5)18-25/h7-10,12-18H,6,11H2,1-5H3. The lowest BCUT2D eigenvalue weighted by molar-refractivity contribution is 1.14. The molecule has 2 radical (unpaired) electrons. The lowest BCUT2D eigenvalue weighted by atomic mass is 9.91. The van der Waals surface area contributed by atoms with Gasteiger partial charge in [-0.05, 0) is 62.8 Å². The number of allylic oxidation sites excluding steroid dienone is 4. The summed E-state index contributed by atoms with van der Waals surface area (Å²) >= 11 is 0. The number of benzene rings is 3.